The molecular formula is C13H11ClN2O3. The lowest BCUT2D eigenvalue weighted by Crippen LogP contribution is -1.89. The molecule has 0 spiro atoms. The molecule has 0 unspecified atom stereocenters. The van der Waals surface area contributed by atoms with E-state index in [1.807, 2.05) is 12.1 Å². The summed E-state index contributed by atoms with van der Waals surface area (Å²) in [4.78, 5) is 7.64. The lowest BCUT2D eigenvalue weighted by Gasteiger charge is -2.06. The van der Waals surface area contributed by atoms with Gasteiger partial charge in [0.25, 0.3) is 0 Å². The number of aromatic amines is 1. The minimum Gasteiger partial charge on any atom is -0.493 e. The molecule has 0 fully saturated rings. The molecule has 3 aromatic rings. The number of nitrogens with zero attached hydrogens (tertiary/aromatic N) is 1. The van der Waals surface area contributed by atoms with Gasteiger partial charge in [-0.25, -0.2) is 4.98 Å². The van der Waals surface area contributed by atoms with Gasteiger partial charge in [-0.2, -0.15) is 0 Å². The summed E-state index contributed by atoms with van der Waals surface area (Å²) in [6.07, 6.45) is 1.52. The zero-order valence-electron chi connectivity index (χ0n) is 10.4. The first-order valence-corrected chi connectivity index (χ1v) is 5.96. The second-order valence-electron chi connectivity index (χ2n) is 3.92. The first-order chi connectivity index (χ1) is 9.22. The average molecular weight is 279 g/mol. The number of aromatic nitrogens is 2. The predicted octanol–water partition coefficient (Wildman–Crippen LogP) is 3.49. The molecule has 0 aliphatic heterocycles. The Morgan fingerprint density at radius 3 is 2.58 bits per heavy atom. The number of ether oxygens (including phenoxy) is 2. The summed E-state index contributed by atoms with van der Waals surface area (Å²) >= 11 is 5.94. The summed E-state index contributed by atoms with van der Waals surface area (Å²) in [5.41, 5.74) is 2.32. The van der Waals surface area contributed by atoms with Gasteiger partial charge in [0, 0.05) is 12.1 Å². The molecule has 0 saturated carbocycles. The first kappa shape index (κ1) is 11.9. The fourth-order valence-corrected chi connectivity index (χ4v) is 2.13. The Morgan fingerprint density at radius 2 is 1.95 bits per heavy atom. The van der Waals surface area contributed by atoms with Crippen LogP contribution < -0.4 is 9.47 Å². The van der Waals surface area contributed by atoms with E-state index in [1.165, 1.54) is 6.26 Å². The average Bonchev–Trinajstić information content (AvgIpc) is 3.01. The van der Waals surface area contributed by atoms with Crippen LogP contribution in [-0.2, 0) is 0 Å². The fraction of sp³-hybridized carbons (Fsp3) is 0.154. The van der Waals surface area contributed by atoms with Crippen molar-refractivity contribution in [1.82, 2.24) is 9.97 Å². The molecule has 0 amide bonds. The van der Waals surface area contributed by atoms with Crippen LogP contribution in [0.3, 0.4) is 0 Å². The van der Waals surface area contributed by atoms with E-state index in [1.54, 1.807) is 20.3 Å². The van der Waals surface area contributed by atoms with Gasteiger partial charge >= 0.3 is 0 Å². The molecule has 3 rings (SSSR count). The molecule has 19 heavy (non-hydrogen) atoms. The van der Waals surface area contributed by atoms with Gasteiger partial charge in [0.1, 0.15) is 5.82 Å². The van der Waals surface area contributed by atoms with Crippen molar-refractivity contribution in [3.63, 3.8) is 0 Å². The van der Waals surface area contributed by atoms with Crippen molar-refractivity contribution in [3.8, 4) is 22.9 Å². The SMILES string of the molecule is COc1cc2nc(-c3ccoc3Cl)[nH]c2cc1OC. The molecule has 0 radical (unpaired) electrons. The van der Waals surface area contributed by atoms with Gasteiger partial charge in [-0.3, -0.25) is 0 Å². The van der Waals surface area contributed by atoms with Crippen LogP contribution in [0.25, 0.3) is 22.4 Å². The number of benzene rings is 1. The largest absolute Gasteiger partial charge is 0.493 e. The minimum absolute atomic E-state index is 0.304. The third-order valence-electron chi connectivity index (χ3n) is 2.86. The third-order valence-corrected chi connectivity index (χ3v) is 3.15. The van der Waals surface area contributed by atoms with Crippen LogP contribution in [0, 0.1) is 0 Å². The molecule has 0 atom stereocenters. The van der Waals surface area contributed by atoms with E-state index in [4.69, 9.17) is 25.5 Å². The topological polar surface area (TPSA) is 60.3 Å². The minimum atomic E-state index is 0.304. The van der Waals surface area contributed by atoms with Crippen molar-refractivity contribution in [2.24, 2.45) is 0 Å². The molecule has 0 aliphatic carbocycles. The molecule has 5 nitrogen and oxygen atoms in total. The number of imidazole rings is 1. The number of H-pyrrole nitrogens is 1. The van der Waals surface area contributed by atoms with Crippen LogP contribution in [0.1, 0.15) is 0 Å². The van der Waals surface area contributed by atoms with Gasteiger partial charge in [-0.05, 0) is 17.7 Å². The lowest BCUT2D eigenvalue weighted by atomic mass is 10.3. The predicted molar refractivity (Wildman–Crippen MR) is 71.9 cm³/mol. The molecule has 0 saturated heterocycles. The number of halogens is 1. The summed E-state index contributed by atoms with van der Waals surface area (Å²) in [5.74, 6) is 1.92. The number of fused-ring (bicyclic) bond motifs is 1. The molecule has 0 aliphatic rings. The van der Waals surface area contributed by atoms with E-state index >= 15 is 0 Å². The second kappa shape index (κ2) is 4.51. The van der Waals surface area contributed by atoms with Crippen molar-refractivity contribution in [2.75, 3.05) is 14.2 Å². The third kappa shape index (κ3) is 1.92. The van der Waals surface area contributed by atoms with E-state index in [9.17, 15) is 0 Å². The summed E-state index contributed by atoms with van der Waals surface area (Å²) in [7, 11) is 3.18. The van der Waals surface area contributed by atoms with E-state index in [0.717, 1.165) is 16.6 Å². The van der Waals surface area contributed by atoms with E-state index in [-0.39, 0.29) is 0 Å². The molecule has 1 N–H and O–H groups in total. The fourth-order valence-electron chi connectivity index (χ4n) is 1.93. The van der Waals surface area contributed by atoms with Crippen molar-refractivity contribution in [2.45, 2.75) is 0 Å². The Balaban J connectivity index is 2.18. The maximum atomic E-state index is 5.94. The standard InChI is InChI=1S/C13H11ClN2O3/c1-17-10-5-8-9(6-11(10)18-2)16-13(15-8)7-3-4-19-12(7)14/h3-6H,1-2H3,(H,15,16). The number of methoxy groups -OCH3 is 2. The highest BCUT2D eigenvalue weighted by molar-refractivity contribution is 6.31. The number of furan rings is 1. The second-order valence-corrected chi connectivity index (χ2v) is 4.26. The Hall–Kier alpha value is -2.14. The zero-order valence-corrected chi connectivity index (χ0v) is 11.1. The van der Waals surface area contributed by atoms with Crippen LogP contribution in [0.4, 0.5) is 0 Å². The van der Waals surface area contributed by atoms with Gasteiger partial charge in [-0.1, -0.05) is 0 Å². The number of rotatable bonds is 3. The van der Waals surface area contributed by atoms with Gasteiger partial charge in [-0.15, -0.1) is 0 Å². The molecular weight excluding hydrogens is 268 g/mol. The lowest BCUT2D eigenvalue weighted by molar-refractivity contribution is 0.356. The van der Waals surface area contributed by atoms with Gasteiger partial charge in [0.05, 0.1) is 37.1 Å². The van der Waals surface area contributed by atoms with Crippen molar-refractivity contribution in [1.29, 1.82) is 0 Å². The molecule has 98 valence electrons. The van der Waals surface area contributed by atoms with Gasteiger partial charge in [0.15, 0.2) is 11.5 Å². The molecule has 1 aromatic carbocycles. The Morgan fingerprint density at radius 1 is 1.21 bits per heavy atom. The highest BCUT2D eigenvalue weighted by Crippen LogP contribution is 2.34. The highest BCUT2D eigenvalue weighted by Gasteiger charge is 2.14. The van der Waals surface area contributed by atoms with Crippen LogP contribution in [0.2, 0.25) is 5.22 Å². The Kier molecular flexibility index (Phi) is 2.83. The molecule has 2 heterocycles. The maximum absolute atomic E-state index is 5.94. The molecule has 6 heteroatoms. The normalized spacial score (nSPS) is 10.9. The van der Waals surface area contributed by atoms with Crippen LogP contribution in [0.15, 0.2) is 28.9 Å². The zero-order chi connectivity index (χ0) is 13.4. The maximum Gasteiger partial charge on any atom is 0.203 e. The summed E-state index contributed by atoms with van der Waals surface area (Å²) in [6, 6.07) is 5.40. The molecule has 2 aromatic heterocycles. The number of hydrogen-bond acceptors (Lipinski definition) is 4. The van der Waals surface area contributed by atoms with E-state index < -0.39 is 0 Å². The van der Waals surface area contributed by atoms with E-state index in [0.29, 0.717) is 22.5 Å². The van der Waals surface area contributed by atoms with Crippen LogP contribution in [-0.4, -0.2) is 24.2 Å². The number of nitrogens with one attached hydrogen (secondary N) is 1. The van der Waals surface area contributed by atoms with E-state index in [2.05, 4.69) is 9.97 Å². The first-order valence-electron chi connectivity index (χ1n) is 5.58. The van der Waals surface area contributed by atoms with Gasteiger partial charge in [0.2, 0.25) is 5.22 Å². The summed E-state index contributed by atoms with van der Waals surface area (Å²) < 4.78 is 15.6. The monoisotopic (exact) mass is 278 g/mol. The highest BCUT2D eigenvalue weighted by atomic mass is 35.5. The summed E-state index contributed by atoms with van der Waals surface area (Å²) in [6.45, 7) is 0. The Bertz CT molecular complexity index is 692. The number of hydrogen-bond donors (Lipinski definition) is 1. The quantitative estimate of drug-likeness (QED) is 0.796. The van der Waals surface area contributed by atoms with Gasteiger partial charge < -0.3 is 18.9 Å². The van der Waals surface area contributed by atoms with Crippen molar-refractivity contribution < 1.29 is 13.9 Å². The van der Waals surface area contributed by atoms with Crippen molar-refractivity contribution >= 4 is 22.6 Å². The van der Waals surface area contributed by atoms with Crippen LogP contribution >= 0.6 is 11.6 Å². The summed E-state index contributed by atoms with van der Waals surface area (Å²) in [5, 5.41) is 0.304. The smallest absolute Gasteiger partial charge is 0.203 e. The molecule has 0 bridgehead atoms. The van der Waals surface area contributed by atoms with Crippen molar-refractivity contribution in [3.05, 3.63) is 29.7 Å². The Labute approximate surface area is 114 Å². The van der Waals surface area contributed by atoms with Crippen LogP contribution in [0.5, 0.6) is 11.5 Å².